The molecule has 0 amide bonds. The maximum Gasteiger partial charge on any atom is 0.351 e. The van der Waals surface area contributed by atoms with Crippen LogP contribution in [0, 0.1) is 6.92 Å². The maximum atomic E-state index is 13.4. The Hall–Kier alpha value is -2.46. The molecular formula is C21H29NO8S. The van der Waals surface area contributed by atoms with E-state index in [4.69, 9.17) is 14.2 Å². The molecule has 0 aromatic heterocycles. The third-order valence-corrected chi connectivity index (χ3v) is 6.86. The third-order valence-electron chi connectivity index (χ3n) is 4.92. The van der Waals surface area contributed by atoms with E-state index < -0.39 is 46.2 Å². The highest BCUT2D eigenvalue weighted by atomic mass is 32.2. The standard InChI is InChI=1S/C21H29NO8S/c1-5-28-21(25)20(30-16(4)24)19(29-15(3)23)18-8-6-7-13-22(18)31(26,27)17-11-9-14(2)10-12-17/h9-12,18-20H,5-8,13H2,1-4H3/t18-,19-,20-/m0/s1. The van der Waals surface area contributed by atoms with Gasteiger partial charge >= 0.3 is 17.9 Å². The number of sulfonamides is 1. The van der Waals surface area contributed by atoms with Crippen LogP contribution in [-0.4, -0.2) is 62.0 Å². The first-order chi connectivity index (χ1) is 14.6. The van der Waals surface area contributed by atoms with Crippen LogP contribution in [0.15, 0.2) is 29.2 Å². The van der Waals surface area contributed by atoms with E-state index in [0.29, 0.717) is 19.3 Å². The highest BCUT2D eigenvalue weighted by Crippen LogP contribution is 2.30. The van der Waals surface area contributed by atoms with Crippen LogP contribution in [-0.2, 0) is 38.6 Å². The molecule has 3 atom stereocenters. The second-order valence-electron chi connectivity index (χ2n) is 7.35. The number of nitrogens with zero attached hydrogens (tertiary/aromatic N) is 1. The average Bonchev–Trinajstić information content (AvgIpc) is 2.70. The minimum absolute atomic E-state index is 0.0133. The molecule has 0 saturated carbocycles. The molecule has 0 aliphatic carbocycles. The van der Waals surface area contributed by atoms with E-state index >= 15 is 0 Å². The van der Waals surface area contributed by atoms with Gasteiger partial charge < -0.3 is 14.2 Å². The minimum Gasteiger partial charge on any atom is -0.463 e. The van der Waals surface area contributed by atoms with E-state index in [1.807, 2.05) is 6.92 Å². The van der Waals surface area contributed by atoms with Gasteiger partial charge in [0, 0.05) is 20.4 Å². The fourth-order valence-electron chi connectivity index (χ4n) is 3.59. The smallest absolute Gasteiger partial charge is 0.351 e. The maximum absolute atomic E-state index is 13.4. The summed E-state index contributed by atoms with van der Waals surface area (Å²) in [7, 11) is -3.96. The Morgan fingerprint density at radius 3 is 2.23 bits per heavy atom. The van der Waals surface area contributed by atoms with Crippen LogP contribution in [0.1, 0.15) is 45.6 Å². The van der Waals surface area contributed by atoms with Gasteiger partial charge in [0.1, 0.15) is 0 Å². The highest BCUT2D eigenvalue weighted by Gasteiger charge is 2.47. The number of aryl methyl sites for hydroxylation is 1. The van der Waals surface area contributed by atoms with Crippen molar-refractivity contribution in [3.63, 3.8) is 0 Å². The second kappa shape index (κ2) is 10.7. The van der Waals surface area contributed by atoms with Crippen molar-refractivity contribution in [1.82, 2.24) is 4.31 Å². The SMILES string of the molecule is CCOC(=O)[C@@H](OC(C)=O)[C@@H](OC(C)=O)[C@@H]1CCCCN1S(=O)(=O)c1ccc(C)cc1. The van der Waals surface area contributed by atoms with Gasteiger partial charge in [-0.1, -0.05) is 24.1 Å². The summed E-state index contributed by atoms with van der Waals surface area (Å²) in [5.74, 6) is -2.41. The molecule has 1 aromatic carbocycles. The first-order valence-corrected chi connectivity index (χ1v) is 11.6. The fourth-order valence-corrected chi connectivity index (χ4v) is 5.29. The minimum atomic E-state index is -3.96. The number of carbonyl (C=O) groups excluding carboxylic acids is 3. The molecule has 1 heterocycles. The molecule has 0 radical (unpaired) electrons. The number of piperidine rings is 1. The van der Waals surface area contributed by atoms with Crippen molar-refractivity contribution < 1.29 is 37.0 Å². The Balaban J connectivity index is 2.50. The first kappa shape index (κ1) is 24.8. The summed E-state index contributed by atoms with van der Waals surface area (Å²) in [6, 6.07) is 5.49. The molecule has 1 fully saturated rings. The lowest BCUT2D eigenvalue weighted by Gasteiger charge is -2.40. The highest BCUT2D eigenvalue weighted by molar-refractivity contribution is 7.89. The quantitative estimate of drug-likeness (QED) is 0.431. The van der Waals surface area contributed by atoms with E-state index in [-0.39, 0.29) is 18.0 Å². The summed E-state index contributed by atoms with van der Waals surface area (Å²) in [5, 5.41) is 0. The number of benzene rings is 1. The summed E-state index contributed by atoms with van der Waals surface area (Å²) in [4.78, 5) is 36.2. The van der Waals surface area contributed by atoms with Crippen molar-refractivity contribution in [2.24, 2.45) is 0 Å². The zero-order chi connectivity index (χ0) is 23.2. The molecular weight excluding hydrogens is 426 g/mol. The van der Waals surface area contributed by atoms with E-state index in [1.165, 1.54) is 16.4 Å². The van der Waals surface area contributed by atoms with Gasteiger partial charge in [-0.15, -0.1) is 0 Å². The van der Waals surface area contributed by atoms with Crippen LogP contribution in [0.2, 0.25) is 0 Å². The molecule has 0 N–H and O–H groups in total. The summed E-state index contributed by atoms with van der Waals surface area (Å²) in [5.41, 5.74) is 0.907. The Morgan fingerprint density at radius 1 is 1.06 bits per heavy atom. The van der Waals surface area contributed by atoms with Crippen molar-refractivity contribution in [2.45, 2.75) is 70.1 Å². The lowest BCUT2D eigenvalue weighted by atomic mass is 9.96. The zero-order valence-corrected chi connectivity index (χ0v) is 19.0. The van der Waals surface area contributed by atoms with Crippen LogP contribution in [0.3, 0.4) is 0 Å². The molecule has 10 heteroatoms. The predicted octanol–water partition coefficient (Wildman–Crippen LogP) is 1.96. The van der Waals surface area contributed by atoms with Crippen LogP contribution in [0.25, 0.3) is 0 Å². The van der Waals surface area contributed by atoms with Gasteiger partial charge in [-0.2, -0.15) is 4.31 Å². The van der Waals surface area contributed by atoms with Crippen molar-refractivity contribution in [2.75, 3.05) is 13.2 Å². The molecule has 1 aliphatic heterocycles. The summed E-state index contributed by atoms with van der Waals surface area (Å²) < 4.78 is 43.6. The number of rotatable bonds is 8. The zero-order valence-electron chi connectivity index (χ0n) is 18.2. The lowest BCUT2D eigenvalue weighted by Crippen LogP contribution is -2.57. The van der Waals surface area contributed by atoms with Crippen LogP contribution < -0.4 is 0 Å². The Morgan fingerprint density at radius 2 is 1.68 bits per heavy atom. The van der Waals surface area contributed by atoms with Gasteiger partial charge in [-0.05, 0) is 38.8 Å². The van der Waals surface area contributed by atoms with Crippen LogP contribution >= 0.6 is 0 Å². The van der Waals surface area contributed by atoms with Gasteiger partial charge in [0.25, 0.3) is 0 Å². The molecule has 1 aliphatic rings. The molecule has 0 unspecified atom stereocenters. The molecule has 9 nitrogen and oxygen atoms in total. The molecule has 31 heavy (non-hydrogen) atoms. The van der Waals surface area contributed by atoms with Crippen molar-refractivity contribution >= 4 is 27.9 Å². The number of hydrogen-bond acceptors (Lipinski definition) is 8. The predicted molar refractivity (Wildman–Crippen MR) is 110 cm³/mol. The summed E-state index contributed by atoms with van der Waals surface area (Å²) in [6.07, 6.45) is -1.36. The third kappa shape index (κ3) is 6.27. The second-order valence-corrected chi connectivity index (χ2v) is 9.24. The van der Waals surface area contributed by atoms with Crippen molar-refractivity contribution in [1.29, 1.82) is 0 Å². The average molecular weight is 456 g/mol. The number of esters is 3. The molecule has 2 rings (SSSR count). The van der Waals surface area contributed by atoms with Gasteiger partial charge in [0.05, 0.1) is 17.5 Å². The van der Waals surface area contributed by atoms with Gasteiger partial charge in [-0.25, -0.2) is 13.2 Å². The fraction of sp³-hybridized carbons (Fsp3) is 0.571. The van der Waals surface area contributed by atoms with Gasteiger partial charge in [-0.3, -0.25) is 9.59 Å². The molecule has 172 valence electrons. The Kier molecular flexibility index (Phi) is 8.58. The lowest BCUT2D eigenvalue weighted by molar-refractivity contribution is -0.185. The molecule has 1 aromatic rings. The van der Waals surface area contributed by atoms with Crippen molar-refractivity contribution in [3.8, 4) is 0 Å². The van der Waals surface area contributed by atoms with Gasteiger partial charge in [0.15, 0.2) is 6.10 Å². The molecule has 1 saturated heterocycles. The summed E-state index contributed by atoms with van der Waals surface area (Å²) in [6.45, 7) is 5.87. The number of carbonyl (C=O) groups is 3. The van der Waals surface area contributed by atoms with E-state index in [9.17, 15) is 22.8 Å². The van der Waals surface area contributed by atoms with Crippen LogP contribution in [0.4, 0.5) is 0 Å². The summed E-state index contributed by atoms with van der Waals surface area (Å²) >= 11 is 0. The molecule has 0 spiro atoms. The van der Waals surface area contributed by atoms with E-state index in [1.54, 1.807) is 19.1 Å². The monoisotopic (exact) mass is 455 g/mol. The van der Waals surface area contributed by atoms with Crippen molar-refractivity contribution in [3.05, 3.63) is 29.8 Å². The first-order valence-electron chi connectivity index (χ1n) is 10.2. The largest absolute Gasteiger partial charge is 0.463 e. The van der Waals surface area contributed by atoms with E-state index in [2.05, 4.69) is 0 Å². The normalized spacial score (nSPS) is 19.2. The molecule has 0 bridgehead atoms. The topological polar surface area (TPSA) is 116 Å². The Bertz CT molecular complexity index is 896. The van der Waals surface area contributed by atoms with E-state index in [0.717, 1.165) is 19.4 Å². The Labute approximate surface area is 182 Å². The van der Waals surface area contributed by atoms with Crippen LogP contribution in [0.5, 0.6) is 0 Å². The number of hydrogen-bond donors (Lipinski definition) is 0. The van der Waals surface area contributed by atoms with Gasteiger partial charge in [0.2, 0.25) is 16.1 Å². The number of ether oxygens (including phenoxy) is 3.